The van der Waals surface area contributed by atoms with E-state index in [1.807, 2.05) is 13.1 Å². The van der Waals surface area contributed by atoms with Gasteiger partial charge in [0.05, 0.1) is 0 Å². The van der Waals surface area contributed by atoms with E-state index in [1.165, 1.54) is 4.88 Å². The lowest BCUT2D eigenvalue weighted by Crippen LogP contribution is -2.31. The van der Waals surface area contributed by atoms with Gasteiger partial charge >= 0.3 is 0 Å². The summed E-state index contributed by atoms with van der Waals surface area (Å²) in [5, 5.41) is 12.6. The van der Waals surface area contributed by atoms with Crippen LogP contribution in [-0.4, -0.2) is 41.1 Å². The number of carbonyl (C=O) groups is 1. The van der Waals surface area contributed by atoms with Crippen molar-refractivity contribution in [2.24, 2.45) is 0 Å². The number of thiophene rings is 1. The Hall–Kier alpha value is -1.37. The third-order valence-corrected chi connectivity index (χ3v) is 4.57. The van der Waals surface area contributed by atoms with Gasteiger partial charge in [0.1, 0.15) is 0 Å². The number of amides is 1. The molecule has 1 aliphatic rings. The number of rotatable bonds is 4. The molecule has 0 spiro atoms. The number of carbonyl (C=O) groups excluding carboxylic acids is 1. The number of nitrogens with one attached hydrogen (secondary N) is 2. The maximum Gasteiger partial charge on any atom is 0.274 e. The Morgan fingerprint density at radius 1 is 1.52 bits per heavy atom. The molecule has 1 aliphatic heterocycles. The molecule has 0 atom stereocenters. The summed E-state index contributed by atoms with van der Waals surface area (Å²) < 4.78 is 0. The van der Waals surface area contributed by atoms with E-state index in [-0.39, 0.29) is 18.3 Å². The first-order valence-corrected chi connectivity index (χ1v) is 7.68. The second-order valence-electron chi connectivity index (χ2n) is 5.01. The van der Waals surface area contributed by atoms with Crippen molar-refractivity contribution in [1.29, 1.82) is 0 Å². The van der Waals surface area contributed by atoms with Crippen molar-refractivity contribution in [2.45, 2.75) is 19.4 Å². The van der Waals surface area contributed by atoms with Crippen molar-refractivity contribution < 1.29 is 4.79 Å². The van der Waals surface area contributed by atoms with Gasteiger partial charge in [-0.15, -0.1) is 23.7 Å². The summed E-state index contributed by atoms with van der Waals surface area (Å²) in [6, 6.07) is 4.14. The van der Waals surface area contributed by atoms with Crippen LogP contribution in [0.3, 0.4) is 0 Å². The van der Waals surface area contributed by atoms with E-state index >= 15 is 0 Å². The quantitative estimate of drug-likeness (QED) is 0.901. The molecule has 0 radical (unpaired) electrons. The first-order valence-electron chi connectivity index (χ1n) is 6.80. The second-order valence-corrected chi connectivity index (χ2v) is 6.04. The molecule has 0 saturated heterocycles. The van der Waals surface area contributed by atoms with Gasteiger partial charge in [-0.05, 0) is 17.9 Å². The van der Waals surface area contributed by atoms with Crippen LogP contribution in [0, 0.1) is 0 Å². The number of H-pyrrole nitrogens is 1. The summed E-state index contributed by atoms with van der Waals surface area (Å²) in [7, 11) is 1.84. The van der Waals surface area contributed by atoms with Gasteiger partial charge in [0.25, 0.3) is 5.91 Å². The van der Waals surface area contributed by atoms with Gasteiger partial charge in [0.2, 0.25) is 0 Å². The summed E-state index contributed by atoms with van der Waals surface area (Å²) in [4.78, 5) is 15.5. The Balaban J connectivity index is 0.00000161. The zero-order valence-corrected chi connectivity index (χ0v) is 13.5. The van der Waals surface area contributed by atoms with E-state index in [4.69, 9.17) is 0 Å². The highest BCUT2D eigenvalue weighted by Crippen LogP contribution is 2.17. The van der Waals surface area contributed by atoms with Crippen molar-refractivity contribution in [3.8, 4) is 0 Å². The number of hydrogen-bond donors (Lipinski definition) is 2. The topological polar surface area (TPSA) is 61.0 Å². The maximum atomic E-state index is 12.5. The fraction of sp³-hybridized carbons (Fsp3) is 0.429. The van der Waals surface area contributed by atoms with Crippen molar-refractivity contribution in [2.75, 3.05) is 20.1 Å². The fourth-order valence-corrected chi connectivity index (χ4v) is 3.12. The van der Waals surface area contributed by atoms with Gasteiger partial charge in [-0.25, -0.2) is 0 Å². The number of hydrogen-bond acceptors (Lipinski definition) is 4. The van der Waals surface area contributed by atoms with Crippen LogP contribution < -0.4 is 5.32 Å². The third kappa shape index (κ3) is 3.45. The Morgan fingerprint density at radius 2 is 2.38 bits per heavy atom. The SMILES string of the molecule is CN(CCc1cccs1)C(=O)c1n[nH]c2c1CNCC2.Cl. The summed E-state index contributed by atoms with van der Waals surface area (Å²) in [6.45, 7) is 2.39. The molecule has 2 aromatic heterocycles. The van der Waals surface area contributed by atoms with E-state index in [0.29, 0.717) is 12.2 Å². The normalized spacial score (nSPS) is 13.4. The molecule has 1 amide bonds. The van der Waals surface area contributed by atoms with Crippen LogP contribution in [0.5, 0.6) is 0 Å². The predicted molar refractivity (Wildman–Crippen MR) is 86.2 cm³/mol. The average molecular weight is 327 g/mol. The monoisotopic (exact) mass is 326 g/mol. The first-order chi connectivity index (χ1) is 9.75. The number of halogens is 1. The number of aromatic amines is 1. The lowest BCUT2D eigenvalue weighted by Gasteiger charge is -2.18. The Labute approximate surface area is 134 Å². The molecule has 0 fully saturated rings. The van der Waals surface area contributed by atoms with E-state index in [9.17, 15) is 4.79 Å². The second kappa shape index (κ2) is 7.06. The zero-order valence-electron chi connectivity index (χ0n) is 11.9. The standard InChI is InChI=1S/C14H18N4OS.ClH/c1-18(7-5-10-3-2-8-20-10)14(19)13-11-9-15-6-4-12(11)16-17-13;/h2-3,8,15H,4-7,9H2,1H3,(H,16,17);1H. The molecule has 0 aromatic carbocycles. The highest BCUT2D eigenvalue weighted by molar-refractivity contribution is 7.09. The molecule has 21 heavy (non-hydrogen) atoms. The van der Waals surface area contributed by atoms with Crippen LogP contribution in [0.15, 0.2) is 17.5 Å². The lowest BCUT2D eigenvalue weighted by atomic mass is 10.1. The maximum absolute atomic E-state index is 12.5. The molecule has 2 aromatic rings. The molecule has 5 nitrogen and oxygen atoms in total. The van der Waals surface area contributed by atoms with Crippen molar-refractivity contribution >= 4 is 29.7 Å². The van der Waals surface area contributed by atoms with Crippen molar-refractivity contribution in [3.05, 3.63) is 39.3 Å². The summed E-state index contributed by atoms with van der Waals surface area (Å²) >= 11 is 1.73. The molecule has 0 aliphatic carbocycles. The fourth-order valence-electron chi connectivity index (χ4n) is 2.42. The Morgan fingerprint density at radius 3 is 3.14 bits per heavy atom. The molecule has 114 valence electrons. The van der Waals surface area contributed by atoms with Crippen LogP contribution in [0.25, 0.3) is 0 Å². The Bertz CT molecular complexity index is 596. The summed E-state index contributed by atoms with van der Waals surface area (Å²) in [5.41, 5.74) is 2.70. The van der Waals surface area contributed by atoms with Gasteiger partial charge in [0.15, 0.2) is 5.69 Å². The molecule has 3 rings (SSSR count). The molecular weight excluding hydrogens is 308 g/mol. The van der Waals surface area contributed by atoms with Crippen LogP contribution in [-0.2, 0) is 19.4 Å². The highest BCUT2D eigenvalue weighted by atomic mass is 35.5. The van der Waals surface area contributed by atoms with Gasteiger partial charge in [-0.3, -0.25) is 9.89 Å². The number of fused-ring (bicyclic) bond motifs is 1. The van der Waals surface area contributed by atoms with E-state index < -0.39 is 0 Å². The average Bonchev–Trinajstić information content (AvgIpc) is 3.13. The first kappa shape index (κ1) is 16.0. The smallest absolute Gasteiger partial charge is 0.274 e. The minimum Gasteiger partial charge on any atom is -0.340 e. The van der Waals surface area contributed by atoms with Gasteiger partial charge in [-0.1, -0.05) is 6.07 Å². The van der Waals surface area contributed by atoms with Gasteiger partial charge in [-0.2, -0.15) is 5.10 Å². The molecule has 3 heterocycles. The van der Waals surface area contributed by atoms with Crippen LogP contribution >= 0.6 is 23.7 Å². The number of likely N-dealkylation sites (N-methyl/N-ethyl adjacent to an activating group) is 1. The predicted octanol–water partition coefficient (Wildman–Crippen LogP) is 1.85. The summed E-state index contributed by atoms with van der Waals surface area (Å²) in [6.07, 6.45) is 1.80. The van der Waals surface area contributed by atoms with Crippen molar-refractivity contribution in [1.82, 2.24) is 20.4 Å². The minimum atomic E-state index is 0. The lowest BCUT2D eigenvalue weighted by molar-refractivity contribution is 0.0789. The Kier molecular flexibility index (Phi) is 5.39. The minimum absolute atomic E-state index is 0. The molecule has 0 saturated carbocycles. The molecule has 7 heteroatoms. The van der Waals surface area contributed by atoms with Crippen LogP contribution in [0.1, 0.15) is 26.6 Å². The van der Waals surface area contributed by atoms with Crippen LogP contribution in [0.2, 0.25) is 0 Å². The molecule has 2 N–H and O–H groups in total. The third-order valence-electron chi connectivity index (χ3n) is 3.63. The molecule has 0 unspecified atom stereocenters. The number of nitrogens with zero attached hydrogens (tertiary/aromatic N) is 2. The largest absolute Gasteiger partial charge is 0.340 e. The zero-order chi connectivity index (χ0) is 13.9. The van der Waals surface area contributed by atoms with E-state index in [2.05, 4.69) is 27.0 Å². The van der Waals surface area contributed by atoms with E-state index in [1.54, 1.807) is 16.2 Å². The van der Waals surface area contributed by atoms with Crippen LogP contribution in [0.4, 0.5) is 0 Å². The van der Waals surface area contributed by atoms with Gasteiger partial charge < -0.3 is 10.2 Å². The molecule has 0 bridgehead atoms. The van der Waals surface area contributed by atoms with E-state index in [0.717, 1.165) is 37.2 Å². The van der Waals surface area contributed by atoms with Crippen molar-refractivity contribution in [3.63, 3.8) is 0 Å². The summed E-state index contributed by atoms with van der Waals surface area (Å²) in [5.74, 6) is 0.00255. The number of aromatic nitrogens is 2. The highest BCUT2D eigenvalue weighted by Gasteiger charge is 2.23. The molecular formula is C14H19ClN4OS. The van der Waals surface area contributed by atoms with Gasteiger partial charge in [0, 0.05) is 49.2 Å².